The van der Waals surface area contributed by atoms with E-state index in [1.807, 2.05) is 0 Å². The molecule has 0 unspecified atom stereocenters. The molecule has 2 aromatic carbocycles. The van der Waals surface area contributed by atoms with Crippen molar-refractivity contribution in [3.8, 4) is 11.5 Å². The quantitative estimate of drug-likeness (QED) is 0.571. The number of nitrogens with zero attached hydrogens (tertiary/aromatic N) is 2. The summed E-state index contributed by atoms with van der Waals surface area (Å²) >= 11 is 3.33. The van der Waals surface area contributed by atoms with Crippen LogP contribution in [0.5, 0.6) is 11.5 Å². The number of carboxylic acids is 2. The Balaban J connectivity index is 1.90. The van der Waals surface area contributed by atoms with E-state index in [4.69, 9.17) is 19.7 Å². The number of anilines is 1. The predicted octanol–water partition coefficient (Wildman–Crippen LogP) is 3.43. The second-order valence-electron chi connectivity index (χ2n) is 6.43. The van der Waals surface area contributed by atoms with Crippen LogP contribution < -0.4 is 14.5 Å². The summed E-state index contributed by atoms with van der Waals surface area (Å²) in [6.45, 7) is 1.15. The minimum absolute atomic E-state index is 0.106. The summed E-state index contributed by atoms with van der Waals surface area (Å²) in [4.78, 5) is 34.7. The smallest absolute Gasteiger partial charge is 0.341 e. The molecule has 2 N–H and O–H groups in total. The van der Waals surface area contributed by atoms with Crippen molar-refractivity contribution in [3.05, 3.63) is 57.6 Å². The van der Waals surface area contributed by atoms with Gasteiger partial charge < -0.3 is 19.7 Å². The highest BCUT2D eigenvalue weighted by Crippen LogP contribution is 2.37. The molecule has 0 saturated heterocycles. The van der Waals surface area contributed by atoms with Crippen molar-refractivity contribution in [2.75, 3.05) is 18.7 Å². The molecule has 9 nitrogen and oxygen atoms in total. The lowest BCUT2D eigenvalue weighted by atomic mass is 10.1. The summed E-state index contributed by atoms with van der Waals surface area (Å²) in [6.07, 6.45) is 1.63. The van der Waals surface area contributed by atoms with Crippen LogP contribution >= 0.6 is 15.9 Å². The van der Waals surface area contributed by atoms with E-state index in [1.165, 1.54) is 36.4 Å². The lowest BCUT2D eigenvalue weighted by Crippen LogP contribution is -2.21. The largest absolute Gasteiger partial charge is 0.493 e. The van der Waals surface area contributed by atoms with Gasteiger partial charge in [0.1, 0.15) is 0 Å². The summed E-state index contributed by atoms with van der Waals surface area (Å²) in [6, 6.07) is 9.09. The third kappa shape index (κ3) is 4.75. The zero-order valence-corrected chi connectivity index (χ0v) is 18.0. The first-order valence-electron chi connectivity index (χ1n) is 8.88. The van der Waals surface area contributed by atoms with Gasteiger partial charge in [-0.2, -0.15) is 10.1 Å². The van der Waals surface area contributed by atoms with Gasteiger partial charge in [-0.05, 0) is 70.9 Å². The van der Waals surface area contributed by atoms with Crippen molar-refractivity contribution < 1.29 is 34.1 Å². The number of carbonyl (C=O) groups is 3. The van der Waals surface area contributed by atoms with Crippen molar-refractivity contribution in [2.45, 2.75) is 6.92 Å². The Morgan fingerprint density at radius 1 is 1.19 bits per heavy atom. The summed E-state index contributed by atoms with van der Waals surface area (Å²) < 4.78 is 11.0. The zero-order valence-electron chi connectivity index (χ0n) is 16.5. The van der Waals surface area contributed by atoms with Gasteiger partial charge in [0.25, 0.3) is 5.91 Å². The van der Waals surface area contributed by atoms with Crippen LogP contribution in [0.25, 0.3) is 6.08 Å². The number of carbonyl (C=O) groups excluding carboxylic acids is 1. The van der Waals surface area contributed by atoms with E-state index >= 15 is 0 Å². The van der Waals surface area contributed by atoms with Gasteiger partial charge in [0.05, 0.1) is 34.1 Å². The molecule has 2 aromatic rings. The van der Waals surface area contributed by atoms with E-state index in [9.17, 15) is 14.4 Å². The first-order chi connectivity index (χ1) is 14.7. The van der Waals surface area contributed by atoms with Gasteiger partial charge in [-0.15, -0.1) is 0 Å². The molecule has 31 heavy (non-hydrogen) atoms. The van der Waals surface area contributed by atoms with E-state index in [0.717, 1.165) is 0 Å². The fourth-order valence-corrected chi connectivity index (χ4v) is 3.44. The molecular weight excluding hydrogens is 472 g/mol. The molecule has 10 heteroatoms. The molecule has 0 spiro atoms. The molecule has 160 valence electrons. The number of amides is 1. The van der Waals surface area contributed by atoms with Gasteiger partial charge in [0, 0.05) is 0 Å². The molecule has 1 aliphatic heterocycles. The van der Waals surface area contributed by atoms with Gasteiger partial charge in [0.15, 0.2) is 18.1 Å². The van der Waals surface area contributed by atoms with E-state index in [2.05, 4.69) is 21.0 Å². The molecule has 1 heterocycles. The number of rotatable bonds is 7. The van der Waals surface area contributed by atoms with E-state index in [-0.39, 0.29) is 17.2 Å². The average molecular weight is 489 g/mol. The molecule has 0 bridgehead atoms. The maximum absolute atomic E-state index is 12.9. The van der Waals surface area contributed by atoms with Crippen molar-refractivity contribution >= 4 is 51.3 Å². The Hall–Kier alpha value is -3.66. The standard InChI is InChI=1S/C21H17BrN2O7/c1-11-15(20(27)24(23-11)14-5-3-13(4-6-14)21(28)29)7-12-8-16(22)19(17(9-12)30-2)31-10-18(25)26/h3-9H,10H2,1-2H3,(H,25,26)(H,28,29)/b15-7-. The Morgan fingerprint density at radius 2 is 1.87 bits per heavy atom. The van der Waals surface area contributed by atoms with Crippen LogP contribution in [0, 0.1) is 0 Å². The van der Waals surface area contributed by atoms with Crippen LogP contribution in [0.2, 0.25) is 0 Å². The van der Waals surface area contributed by atoms with Crippen LogP contribution in [0.15, 0.2) is 51.5 Å². The fourth-order valence-electron chi connectivity index (χ4n) is 2.87. The zero-order chi connectivity index (χ0) is 22.7. The molecule has 3 rings (SSSR count). The Labute approximate surface area is 185 Å². The number of hydrogen-bond donors (Lipinski definition) is 2. The first-order valence-corrected chi connectivity index (χ1v) is 9.67. The number of aliphatic carboxylic acids is 1. The number of methoxy groups -OCH3 is 1. The molecule has 0 radical (unpaired) electrons. The summed E-state index contributed by atoms with van der Waals surface area (Å²) in [7, 11) is 1.42. The van der Waals surface area contributed by atoms with Crippen molar-refractivity contribution in [1.82, 2.24) is 0 Å². The maximum atomic E-state index is 12.9. The monoisotopic (exact) mass is 488 g/mol. The molecule has 0 aromatic heterocycles. The summed E-state index contributed by atoms with van der Waals surface area (Å²) in [5.41, 5.74) is 1.97. The van der Waals surface area contributed by atoms with Crippen LogP contribution in [0.1, 0.15) is 22.8 Å². The maximum Gasteiger partial charge on any atom is 0.341 e. The number of hydrazone groups is 1. The van der Waals surface area contributed by atoms with Gasteiger partial charge >= 0.3 is 11.9 Å². The molecule has 1 amide bonds. The number of aromatic carboxylic acids is 1. The van der Waals surface area contributed by atoms with Crippen molar-refractivity contribution in [3.63, 3.8) is 0 Å². The number of ether oxygens (including phenoxy) is 2. The third-order valence-corrected chi connectivity index (χ3v) is 4.91. The number of benzene rings is 2. The van der Waals surface area contributed by atoms with Gasteiger partial charge in [-0.25, -0.2) is 9.59 Å². The highest BCUT2D eigenvalue weighted by molar-refractivity contribution is 9.10. The van der Waals surface area contributed by atoms with E-state index < -0.39 is 18.5 Å². The van der Waals surface area contributed by atoms with Gasteiger partial charge in [0.2, 0.25) is 0 Å². The summed E-state index contributed by atoms with van der Waals surface area (Å²) in [5, 5.41) is 23.3. The van der Waals surface area contributed by atoms with E-state index in [0.29, 0.717) is 32.8 Å². The Kier molecular flexibility index (Phi) is 6.40. The second-order valence-corrected chi connectivity index (χ2v) is 7.28. The Bertz CT molecular complexity index is 1120. The second kappa shape index (κ2) is 9.00. The van der Waals surface area contributed by atoms with Crippen LogP contribution in [-0.4, -0.2) is 47.5 Å². The SMILES string of the molecule is COc1cc(/C=C2\C(=O)N(c3ccc(C(=O)O)cc3)N=C2C)cc(Br)c1OCC(=O)O. The molecule has 1 aliphatic rings. The van der Waals surface area contributed by atoms with Gasteiger partial charge in [-0.3, -0.25) is 4.79 Å². The molecule has 0 aliphatic carbocycles. The average Bonchev–Trinajstić information content (AvgIpc) is 3.00. The van der Waals surface area contributed by atoms with Crippen LogP contribution in [0.4, 0.5) is 5.69 Å². The van der Waals surface area contributed by atoms with E-state index in [1.54, 1.807) is 25.1 Å². The number of carboxylic acid groups (broad SMARTS) is 2. The Morgan fingerprint density at radius 3 is 2.45 bits per heavy atom. The first kappa shape index (κ1) is 22.0. The van der Waals surface area contributed by atoms with Crippen molar-refractivity contribution in [1.29, 1.82) is 0 Å². The lowest BCUT2D eigenvalue weighted by Gasteiger charge is -2.13. The molecular formula is C21H17BrN2O7. The van der Waals surface area contributed by atoms with Gasteiger partial charge in [-0.1, -0.05) is 0 Å². The highest BCUT2D eigenvalue weighted by Gasteiger charge is 2.29. The topological polar surface area (TPSA) is 126 Å². The number of hydrogen-bond acceptors (Lipinski definition) is 6. The lowest BCUT2D eigenvalue weighted by molar-refractivity contribution is -0.139. The van der Waals surface area contributed by atoms with Crippen molar-refractivity contribution in [2.24, 2.45) is 5.10 Å². The fraction of sp³-hybridized carbons (Fsp3) is 0.143. The normalized spacial score (nSPS) is 14.5. The summed E-state index contributed by atoms with van der Waals surface area (Å²) in [5.74, 6) is -2.03. The number of halogens is 1. The molecule has 0 atom stereocenters. The third-order valence-electron chi connectivity index (χ3n) is 4.32. The van der Waals surface area contributed by atoms with Crippen LogP contribution in [0.3, 0.4) is 0 Å². The molecule has 0 saturated carbocycles. The molecule has 0 fully saturated rings. The predicted molar refractivity (Wildman–Crippen MR) is 116 cm³/mol. The highest BCUT2D eigenvalue weighted by atomic mass is 79.9. The minimum Gasteiger partial charge on any atom is -0.493 e. The van der Waals surface area contributed by atoms with Crippen LogP contribution in [-0.2, 0) is 9.59 Å². The minimum atomic E-state index is -1.12.